The summed E-state index contributed by atoms with van der Waals surface area (Å²) in [6, 6.07) is 22.7. The van der Waals surface area contributed by atoms with Crippen molar-refractivity contribution in [2.45, 2.75) is 5.72 Å². The Kier molecular flexibility index (Phi) is 3.27. The van der Waals surface area contributed by atoms with E-state index in [1.807, 2.05) is 54.6 Å². The van der Waals surface area contributed by atoms with E-state index in [9.17, 15) is 9.18 Å². The fourth-order valence-electron chi connectivity index (χ4n) is 3.53. The number of fused-ring (bicyclic) bond motifs is 2. The number of benzene rings is 3. The molecule has 2 aliphatic heterocycles. The number of anilines is 2. The van der Waals surface area contributed by atoms with E-state index in [4.69, 9.17) is 4.84 Å². The molecule has 132 valence electrons. The zero-order chi connectivity index (χ0) is 18.4. The number of para-hydroxylation sites is 1. The summed E-state index contributed by atoms with van der Waals surface area (Å²) in [6.07, 6.45) is 0. The smallest absolute Gasteiger partial charge is 0.322 e. The second-order valence-electron chi connectivity index (χ2n) is 6.33. The average Bonchev–Trinajstić information content (AvgIpc) is 3.23. The highest BCUT2D eigenvalue weighted by molar-refractivity contribution is 6.19. The Labute approximate surface area is 154 Å². The molecule has 1 spiro atoms. The molecule has 1 amide bonds. The number of halogens is 1. The highest BCUT2D eigenvalue weighted by atomic mass is 19.1. The van der Waals surface area contributed by atoms with E-state index >= 15 is 0 Å². The van der Waals surface area contributed by atoms with Gasteiger partial charge in [-0.25, -0.2) is 4.39 Å². The molecular weight excluding hydrogens is 345 g/mol. The number of amides is 1. The normalized spacial score (nSPS) is 20.3. The second-order valence-corrected chi connectivity index (χ2v) is 6.33. The highest BCUT2D eigenvalue weighted by Crippen LogP contribution is 2.47. The van der Waals surface area contributed by atoms with Crippen molar-refractivity contribution in [3.05, 3.63) is 95.8 Å². The van der Waals surface area contributed by atoms with Gasteiger partial charge in [-0.3, -0.25) is 9.69 Å². The van der Waals surface area contributed by atoms with E-state index in [2.05, 4.69) is 10.5 Å². The quantitative estimate of drug-likeness (QED) is 0.757. The molecule has 5 rings (SSSR count). The first-order valence-electron chi connectivity index (χ1n) is 8.48. The van der Waals surface area contributed by atoms with Crippen molar-refractivity contribution >= 4 is 23.1 Å². The maximum Gasteiger partial charge on any atom is 0.322 e. The van der Waals surface area contributed by atoms with Gasteiger partial charge >= 0.3 is 5.72 Å². The first-order chi connectivity index (χ1) is 13.2. The summed E-state index contributed by atoms with van der Waals surface area (Å²) in [4.78, 5) is 20.6. The summed E-state index contributed by atoms with van der Waals surface area (Å²) in [5, 5.41) is 7.12. The molecule has 2 heterocycles. The predicted molar refractivity (Wildman–Crippen MR) is 99.7 cm³/mol. The van der Waals surface area contributed by atoms with E-state index < -0.39 is 5.72 Å². The molecule has 27 heavy (non-hydrogen) atoms. The maximum absolute atomic E-state index is 13.5. The van der Waals surface area contributed by atoms with Gasteiger partial charge in [-0.15, -0.1) is 0 Å². The lowest BCUT2D eigenvalue weighted by Crippen LogP contribution is -2.51. The van der Waals surface area contributed by atoms with Gasteiger partial charge in [-0.1, -0.05) is 53.7 Å². The van der Waals surface area contributed by atoms with Crippen LogP contribution in [0.4, 0.5) is 15.8 Å². The molecule has 2 aliphatic rings. The Bertz CT molecular complexity index is 1070. The van der Waals surface area contributed by atoms with Crippen LogP contribution in [0.1, 0.15) is 11.1 Å². The fraction of sp³-hybridized carbons (Fsp3) is 0.0476. The largest absolute Gasteiger partial charge is 0.349 e. The molecule has 3 aromatic rings. The maximum atomic E-state index is 13.5. The van der Waals surface area contributed by atoms with E-state index in [1.165, 1.54) is 12.1 Å². The Hall–Kier alpha value is -3.67. The van der Waals surface area contributed by atoms with Gasteiger partial charge < -0.3 is 10.2 Å². The van der Waals surface area contributed by atoms with Crippen molar-refractivity contribution in [3.8, 4) is 0 Å². The summed E-state index contributed by atoms with van der Waals surface area (Å²) in [5.41, 5.74) is 1.24. The molecule has 0 aromatic heterocycles. The summed E-state index contributed by atoms with van der Waals surface area (Å²) in [6.45, 7) is 0. The number of nitrogens with one attached hydrogen (secondary N) is 1. The van der Waals surface area contributed by atoms with Gasteiger partial charge in [-0.2, -0.15) is 0 Å². The third kappa shape index (κ3) is 2.16. The number of oxime groups is 1. The molecular formula is C21H14FN3O2. The van der Waals surface area contributed by atoms with E-state index in [0.717, 1.165) is 5.56 Å². The molecule has 0 saturated heterocycles. The van der Waals surface area contributed by atoms with Crippen LogP contribution in [0.25, 0.3) is 0 Å². The number of hydrogen-bond donors (Lipinski definition) is 1. The van der Waals surface area contributed by atoms with Gasteiger partial charge in [0.1, 0.15) is 5.82 Å². The van der Waals surface area contributed by atoms with E-state index in [1.54, 1.807) is 17.0 Å². The van der Waals surface area contributed by atoms with Crippen LogP contribution in [0.3, 0.4) is 0 Å². The summed E-state index contributed by atoms with van der Waals surface area (Å²) in [7, 11) is 0. The molecule has 0 unspecified atom stereocenters. The van der Waals surface area contributed by atoms with Crippen LogP contribution in [-0.2, 0) is 15.4 Å². The van der Waals surface area contributed by atoms with Crippen LogP contribution >= 0.6 is 0 Å². The molecule has 0 radical (unpaired) electrons. The Morgan fingerprint density at radius 3 is 2.41 bits per heavy atom. The first kappa shape index (κ1) is 15.6. The van der Waals surface area contributed by atoms with Crippen molar-refractivity contribution in [1.82, 2.24) is 0 Å². The molecule has 5 nitrogen and oxygen atoms in total. The molecule has 6 heteroatoms. The molecule has 0 aliphatic carbocycles. The van der Waals surface area contributed by atoms with Gasteiger partial charge in [0, 0.05) is 11.3 Å². The molecule has 1 atom stereocenters. The van der Waals surface area contributed by atoms with Crippen LogP contribution in [0.15, 0.2) is 84.0 Å². The van der Waals surface area contributed by atoms with Crippen LogP contribution in [0.2, 0.25) is 0 Å². The number of nitrogens with zero attached hydrogens (tertiary/aromatic N) is 2. The zero-order valence-corrected chi connectivity index (χ0v) is 14.1. The molecule has 0 fully saturated rings. The van der Waals surface area contributed by atoms with Crippen molar-refractivity contribution in [2.24, 2.45) is 5.16 Å². The molecule has 3 aromatic carbocycles. The van der Waals surface area contributed by atoms with Gasteiger partial charge in [0.15, 0.2) is 5.84 Å². The number of carbonyl (C=O) groups excluding carboxylic acids is 1. The third-order valence-electron chi connectivity index (χ3n) is 4.76. The second kappa shape index (κ2) is 5.67. The summed E-state index contributed by atoms with van der Waals surface area (Å²) in [5.74, 6) is -0.223. The minimum absolute atomic E-state index is 0.345. The first-order valence-corrected chi connectivity index (χ1v) is 8.48. The fourth-order valence-corrected chi connectivity index (χ4v) is 3.53. The number of carbonyl (C=O) groups is 1. The van der Waals surface area contributed by atoms with Gasteiger partial charge in [-0.05, 0) is 30.3 Å². The average molecular weight is 359 g/mol. The van der Waals surface area contributed by atoms with Crippen LogP contribution in [0.5, 0.6) is 0 Å². The van der Waals surface area contributed by atoms with Crippen molar-refractivity contribution in [2.75, 3.05) is 10.2 Å². The minimum Gasteiger partial charge on any atom is -0.349 e. The number of hydrogen-bond acceptors (Lipinski definition) is 4. The Balaban J connectivity index is 1.73. The minimum atomic E-state index is -1.47. The lowest BCUT2D eigenvalue weighted by molar-refractivity contribution is -0.137. The number of amidine groups is 1. The highest BCUT2D eigenvalue weighted by Gasteiger charge is 2.59. The van der Waals surface area contributed by atoms with Crippen molar-refractivity contribution in [1.29, 1.82) is 0 Å². The van der Waals surface area contributed by atoms with E-state index in [-0.39, 0.29) is 11.7 Å². The topological polar surface area (TPSA) is 53.9 Å². The zero-order valence-electron chi connectivity index (χ0n) is 14.1. The van der Waals surface area contributed by atoms with Crippen LogP contribution in [0, 0.1) is 5.82 Å². The van der Waals surface area contributed by atoms with Gasteiger partial charge in [0.25, 0.3) is 5.91 Å². The van der Waals surface area contributed by atoms with E-state index in [0.29, 0.717) is 22.8 Å². The predicted octanol–water partition coefficient (Wildman–Crippen LogP) is 3.83. The molecule has 0 bridgehead atoms. The van der Waals surface area contributed by atoms with Gasteiger partial charge in [0.2, 0.25) is 0 Å². The van der Waals surface area contributed by atoms with Crippen LogP contribution < -0.4 is 10.2 Å². The number of rotatable bonds is 2. The molecule has 1 N–H and O–H groups in total. The summed E-state index contributed by atoms with van der Waals surface area (Å²) >= 11 is 0. The summed E-state index contributed by atoms with van der Waals surface area (Å²) < 4.78 is 13.5. The van der Waals surface area contributed by atoms with Crippen LogP contribution in [-0.4, -0.2) is 11.7 Å². The van der Waals surface area contributed by atoms with Crippen molar-refractivity contribution < 1.29 is 14.0 Å². The SMILES string of the molecule is O=C1Nc2ccccc2[C@]12ON=C(c1ccccc1)N2c1ccc(F)cc1. The Morgan fingerprint density at radius 2 is 1.63 bits per heavy atom. The van der Waals surface area contributed by atoms with Gasteiger partial charge in [0.05, 0.1) is 11.3 Å². The molecule has 0 saturated carbocycles. The Morgan fingerprint density at radius 1 is 0.926 bits per heavy atom. The third-order valence-corrected chi connectivity index (χ3v) is 4.76. The lowest BCUT2D eigenvalue weighted by atomic mass is 10.00. The monoisotopic (exact) mass is 359 g/mol. The standard InChI is InChI=1S/C21H14FN3O2/c22-15-10-12-16(13-11-15)25-19(14-6-2-1-3-7-14)24-27-21(25)17-8-4-5-9-18(17)23-20(21)26/h1-13H,(H,23,26)/t21-/m0/s1. The van der Waals surface area contributed by atoms with Crippen molar-refractivity contribution in [3.63, 3.8) is 0 Å². The lowest BCUT2D eigenvalue weighted by Gasteiger charge is -2.32.